The number of hydrogen-bond acceptors (Lipinski definition) is 2. The smallest absolute Gasteiger partial charge is 0.273 e. The van der Waals surface area contributed by atoms with Crippen molar-refractivity contribution < 1.29 is 0 Å². The topological polar surface area (TPSA) is 34.9 Å². The molecule has 3 nitrogen and oxygen atoms in total. The zero-order valence-electron chi connectivity index (χ0n) is 7.22. The molecule has 0 N–H and O–H groups in total. The van der Waals surface area contributed by atoms with Gasteiger partial charge in [0.25, 0.3) is 5.56 Å². The first kappa shape index (κ1) is 9.15. The predicted octanol–water partition coefficient (Wildman–Crippen LogP) is 1.99. The average molecular weight is 251 g/mol. The Kier molecular flexibility index (Phi) is 2.45. The van der Waals surface area contributed by atoms with Crippen LogP contribution >= 0.6 is 15.9 Å². The van der Waals surface area contributed by atoms with Crippen LogP contribution in [0, 0.1) is 0 Å². The maximum absolute atomic E-state index is 11.5. The molecule has 2 rings (SSSR count). The van der Waals surface area contributed by atoms with Gasteiger partial charge in [-0.2, -0.15) is 0 Å². The van der Waals surface area contributed by atoms with Crippen LogP contribution in [0.2, 0.25) is 0 Å². The lowest BCUT2D eigenvalue weighted by Gasteiger charge is -2.05. The van der Waals surface area contributed by atoms with E-state index in [2.05, 4.69) is 20.9 Å². The van der Waals surface area contributed by atoms with Crippen molar-refractivity contribution in [3.63, 3.8) is 0 Å². The number of para-hydroxylation sites is 1. The third-order valence-electron chi connectivity index (χ3n) is 1.84. The van der Waals surface area contributed by atoms with Crippen LogP contribution in [0.25, 0.3) is 5.69 Å². The lowest BCUT2D eigenvalue weighted by atomic mass is 10.3. The molecule has 70 valence electrons. The summed E-state index contributed by atoms with van der Waals surface area (Å²) in [6, 6.07) is 7.54. The molecule has 0 saturated heterocycles. The Bertz CT molecular complexity index is 507. The van der Waals surface area contributed by atoms with Crippen molar-refractivity contribution in [3.05, 3.63) is 57.7 Å². The Morgan fingerprint density at radius 3 is 2.79 bits per heavy atom. The van der Waals surface area contributed by atoms with Crippen LogP contribution in [0.5, 0.6) is 0 Å². The lowest BCUT2D eigenvalue weighted by Crippen LogP contribution is -2.16. The first-order valence-corrected chi connectivity index (χ1v) is 4.86. The van der Waals surface area contributed by atoms with E-state index in [4.69, 9.17) is 0 Å². The number of rotatable bonds is 1. The summed E-state index contributed by atoms with van der Waals surface area (Å²) in [4.78, 5) is 15.2. The van der Waals surface area contributed by atoms with Gasteiger partial charge in [-0.1, -0.05) is 12.1 Å². The first-order chi connectivity index (χ1) is 6.79. The van der Waals surface area contributed by atoms with Crippen molar-refractivity contribution in [2.45, 2.75) is 0 Å². The molecular weight excluding hydrogens is 244 g/mol. The van der Waals surface area contributed by atoms with Gasteiger partial charge in [-0.05, 0) is 28.1 Å². The molecule has 4 heteroatoms. The summed E-state index contributed by atoms with van der Waals surface area (Å²) in [7, 11) is 0. The van der Waals surface area contributed by atoms with Crippen molar-refractivity contribution >= 4 is 15.9 Å². The Labute approximate surface area is 89.2 Å². The van der Waals surface area contributed by atoms with E-state index in [0.717, 1.165) is 10.2 Å². The fourth-order valence-corrected chi connectivity index (χ4v) is 1.67. The largest absolute Gasteiger partial charge is 0.280 e. The van der Waals surface area contributed by atoms with Gasteiger partial charge in [-0.25, -0.2) is 0 Å². The molecule has 14 heavy (non-hydrogen) atoms. The van der Waals surface area contributed by atoms with Crippen molar-refractivity contribution in [2.75, 3.05) is 0 Å². The van der Waals surface area contributed by atoms with E-state index in [1.54, 1.807) is 12.4 Å². The Morgan fingerprint density at radius 2 is 2.07 bits per heavy atom. The van der Waals surface area contributed by atoms with Gasteiger partial charge in [0.2, 0.25) is 0 Å². The molecule has 0 amide bonds. The summed E-state index contributed by atoms with van der Waals surface area (Å²) in [5, 5.41) is 0. The second-order valence-corrected chi connectivity index (χ2v) is 3.59. The molecule has 0 aliphatic heterocycles. The molecule has 0 atom stereocenters. The third kappa shape index (κ3) is 1.61. The van der Waals surface area contributed by atoms with E-state index in [-0.39, 0.29) is 5.56 Å². The predicted molar refractivity (Wildman–Crippen MR) is 57.5 cm³/mol. The molecule has 0 unspecified atom stereocenters. The molecule has 0 fully saturated rings. The molecule has 0 aliphatic carbocycles. The lowest BCUT2D eigenvalue weighted by molar-refractivity contribution is 0.951. The molecule has 0 radical (unpaired) electrons. The second kappa shape index (κ2) is 3.75. The molecule has 1 aromatic heterocycles. The van der Waals surface area contributed by atoms with E-state index in [1.807, 2.05) is 24.3 Å². The van der Waals surface area contributed by atoms with Gasteiger partial charge >= 0.3 is 0 Å². The Balaban J connectivity index is 2.67. The Morgan fingerprint density at radius 1 is 1.29 bits per heavy atom. The summed E-state index contributed by atoms with van der Waals surface area (Å²) in [6.07, 6.45) is 4.52. The van der Waals surface area contributed by atoms with E-state index in [0.29, 0.717) is 0 Å². The highest BCUT2D eigenvalue weighted by Gasteiger charge is 2.01. The standard InChI is InChI=1S/C10H7BrN2O/c11-8-3-1-2-4-9(8)13-6-5-12-7-10(13)14/h1-7H. The fraction of sp³-hybridized carbons (Fsp3) is 0. The van der Waals surface area contributed by atoms with Crippen molar-refractivity contribution in [3.8, 4) is 5.69 Å². The van der Waals surface area contributed by atoms with Gasteiger partial charge in [-0.15, -0.1) is 0 Å². The zero-order valence-corrected chi connectivity index (χ0v) is 8.81. The van der Waals surface area contributed by atoms with Crippen molar-refractivity contribution in [2.24, 2.45) is 0 Å². The van der Waals surface area contributed by atoms with Gasteiger partial charge in [0, 0.05) is 16.9 Å². The van der Waals surface area contributed by atoms with E-state index < -0.39 is 0 Å². The normalized spacial score (nSPS) is 10.1. The summed E-state index contributed by atoms with van der Waals surface area (Å²) in [6.45, 7) is 0. The molecule has 0 aliphatic rings. The highest BCUT2D eigenvalue weighted by Crippen LogP contribution is 2.18. The molecule has 1 aromatic carbocycles. The molecule has 0 saturated carbocycles. The number of hydrogen-bond donors (Lipinski definition) is 0. The zero-order chi connectivity index (χ0) is 9.97. The van der Waals surface area contributed by atoms with Gasteiger partial charge < -0.3 is 0 Å². The van der Waals surface area contributed by atoms with Crippen LogP contribution in [-0.4, -0.2) is 9.55 Å². The maximum Gasteiger partial charge on any atom is 0.273 e. The minimum Gasteiger partial charge on any atom is -0.280 e. The highest BCUT2D eigenvalue weighted by molar-refractivity contribution is 9.10. The molecular formula is C10H7BrN2O. The second-order valence-electron chi connectivity index (χ2n) is 2.74. The van der Waals surface area contributed by atoms with Crippen LogP contribution in [0.4, 0.5) is 0 Å². The summed E-state index contributed by atoms with van der Waals surface area (Å²) < 4.78 is 2.42. The summed E-state index contributed by atoms with van der Waals surface area (Å²) in [5.41, 5.74) is 0.680. The van der Waals surface area contributed by atoms with Crippen LogP contribution in [-0.2, 0) is 0 Å². The van der Waals surface area contributed by atoms with E-state index in [9.17, 15) is 4.79 Å². The maximum atomic E-state index is 11.5. The number of nitrogens with zero attached hydrogens (tertiary/aromatic N) is 2. The number of halogens is 1. The minimum atomic E-state index is -0.139. The van der Waals surface area contributed by atoms with Gasteiger partial charge in [0.15, 0.2) is 0 Å². The summed E-state index contributed by atoms with van der Waals surface area (Å²) in [5.74, 6) is 0. The number of aromatic nitrogens is 2. The molecule has 0 spiro atoms. The van der Waals surface area contributed by atoms with E-state index in [1.165, 1.54) is 10.8 Å². The van der Waals surface area contributed by atoms with Crippen LogP contribution in [0.3, 0.4) is 0 Å². The van der Waals surface area contributed by atoms with Crippen molar-refractivity contribution in [1.82, 2.24) is 9.55 Å². The quantitative estimate of drug-likeness (QED) is 0.776. The average Bonchev–Trinajstić information content (AvgIpc) is 2.20. The molecule has 1 heterocycles. The van der Waals surface area contributed by atoms with Crippen molar-refractivity contribution in [1.29, 1.82) is 0 Å². The summed E-state index contributed by atoms with van der Waals surface area (Å²) >= 11 is 3.39. The van der Waals surface area contributed by atoms with Gasteiger partial charge in [0.05, 0.1) is 11.9 Å². The van der Waals surface area contributed by atoms with Gasteiger partial charge in [0.1, 0.15) is 0 Å². The van der Waals surface area contributed by atoms with E-state index >= 15 is 0 Å². The fourth-order valence-electron chi connectivity index (χ4n) is 1.19. The molecule has 2 aromatic rings. The monoisotopic (exact) mass is 250 g/mol. The van der Waals surface area contributed by atoms with Crippen LogP contribution < -0.4 is 5.56 Å². The SMILES string of the molecule is O=c1cnccn1-c1ccccc1Br. The van der Waals surface area contributed by atoms with Gasteiger partial charge in [-0.3, -0.25) is 14.3 Å². The minimum absolute atomic E-state index is 0.139. The van der Waals surface area contributed by atoms with Crippen LogP contribution in [0.1, 0.15) is 0 Å². The Hall–Kier alpha value is -1.42. The van der Waals surface area contributed by atoms with Crippen LogP contribution in [0.15, 0.2) is 52.1 Å². The highest BCUT2D eigenvalue weighted by atomic mass is 79.9. The first-order valence-electron chi connectivity index (χ1n) is 4.06. The number of benzene rings is 1. The third-order valence-corrected chi connectivity index (χ3v) is 2.51. The molecule has 0 bridgehead atoms.